The number of piperidine rings is 1. The number of imide groups is 1. The van der Waals surface area contributed by atoms with E-state index >= 15 is 0 Å². The molecule has 1 unspecified atom stereocenters. The van der Waals surface area contributed by atoms with E-state index in [1.165, 1.54) is 4.90 Å². The average Bonchev–Trinajstić information content (AvgIpc) is 2.48. The third-order valence-corrected chi connectivity index (χ3v) is 2.69. The lowest BCUT2D eigenvalue weighted by Crippen LogP contribution is -2.50. The van der Waals surface area contributed by atoms with Gasteiger partial charge in [-0.3, -0.25) is 19.8 Å². The van der Waals surface area contributed by atoms with E-state index in [-0.39, 0.29) is 18.0 Å². The van der Waals surface area contributed by atoms with Gasteiger partial charge in [-0.1, -0.05) is 0 Å². The Morgan fingerprint density at radius 3 is 2.38 bits per heavy atom. The third-order valence-electron chi connectivity index (χ3n) is 2.69. The van der Waals surface area contributed by atoms with Crippen molar-refractivity contribution in [2.24, 2.45) is 0 Å². The molecule has 0 saturated carbocycles. The molecule has 4 heteroatoms. The highest BCUT2D eigenvalue weighted by atomic mass is 16.2. The third kappa shape index (κ3) is 1.58. The molecule has 1 atom stereocenters. The van der Waals surface area contributed by atoms with E-state index in [4.69, 9.17) is 0 Å². The molecule has 0 aliphatic carbocycles. The molecular weight excluding hydrogens is 168 g/mol. The second-order valence-electron chi connectivity index (χ2n) is 3.62. The van der Waals surface area contributed by atoms with Gasteiger partial charge in [-0.15, -0.1) is 0 Å². The summed E-state index contributed by atoms with van der Waals surface area (Å²) in [6.07, 6.45) is 3.95. The van der Waals surface area contributed by atoms with E-state index in [0.717, 1.165) is 25.8 Å². The topological polar surface area (TPSA) is 49.4 Å². The fourth-order valence-electron chi connectivity index (χ4n) is 2.00. The first kappa shape index (κ1) is 8.69. The van der Waals surface area contributed by atoms with Crippen LogP contribution in [0.2, 0.25) is 0 Å². The summed E-state index contributed by atoms with van der Waals surface area (Å²) >= 11 is 0. The van der Waals surface area contributed by atoms with Crippen molar-refractivity contribution >= 4 is 11.8 Å². The maximum atomic E-state index is 11.3. The second-order valence-corrected chi connectivity index (χ2v) is 3.62. The molecule has 2 heterocycles. The highest BCUT2D eigenvalue weighted by Gasteiger charge is 2.35. The molecule has 2 aliphatic rings. The van der Waals surface area contributed by atoms with Gasteiger partial charge < -0.3 is 0 Å². The van der Waals surface area contributed by atoms with Gasteiger partial charge in [-0.25, -0.2) is 0 Å². The fourth-order valence-corrected chi connectivity index (χ4v) is 2.00. The average molecular weight is 182 g/mol. The summed E-state index contributed by atoms with van der Waals surface area (Å²) in [6.45, 7) is 0.918. The van der Waals surface area contributed by atoms with Crippen LogP contribution in [0.4, 0.5) is 0 Å². The van der Waals surface area contributed by atoms with E-state index in [2.05, 4.69) is 5.32 Å². The number of amides is 2. The largest absolute Gasteiger partial charge is 0.297 e. The Morgan fingerprint density at radius 2 is 1.85 bits per heavy atom. The monoisotopic (exact) mass is 182 g/mol. The van der Waals surface area contributed by atoms with Crippen LogP contribution < -0.4 is 5.32 Å². The van der Waals surface area contributed by atoms with Crippen molar-refractivity contribution < 1.29 is 9.59 Å². The smallest absolute Gasteiger partial charge is 0.231 e. The zero-order valence-corrected chi connectivity index (χ0v) is 7.58. The van der Waals surface area contributed by atoms with Crippen molar-refractivity contribution in [2.45, 2.75) is 38.3 Å². The Bertz CT molecular complexity index is 218. The zero-order chi connectivity index (χ0) is 9.26. The van der Waals surface area contributed by atoms with Gasteiger partial charge in [0.05, 0.1) is 6.17 Å². The lowest BCUT2D eigenvalue weighted by molar-refractivity contribution is -0.142. The van der Waals surface area contributed by atoms with Crippen molar-refractivity contribution in [2.75, 3.05) is 6.54 Å². The molecule has 2 aliphatic heterocycles. The van der Waals surface area contributed by atoms with Gasteiger partial charge in [0.15, 0.2) is 0 Å². The molecule has 0 aromatic carbocycles. The fraction of sp³-hybridized carbons (Fsp3) is 0.778. The molecule has 1 N–H and O–H groups in total. The molecule has 72 valence electrons. The van der Waals surface area contributed by atoms with E-state index in [1.54, 1.807) is 0 Å². The summed E-state index contributed by atoms with van der Waals surface area (Å²) in [5.74, 6) is -0.0196. The molecular formula is C9H14N2O2. The quantitative estimate of drug-likeness (QED) is 0.591. The zero-order valence-electron chi connectivity index (χ0n) is 7.58. The number of nitrogens with one attached hydrogen (secondary N) is 1. The number of rotatable bonds is 1. The molecule has 2 rings (SSSR count). The van der Waals surface area contributed by atoms with Crippen LogP contribution in [0.1, 0.15) is 32.1 Å². The predicted octanol–water partition coefficient (Wildman–Crippen LogP) is 0.235. The Kier molecular flexibility index (Phi) is 2.31. The minimum atomic E-state index is -0.0174. The molecule has 0 spiro atoms. The SMILES string of the molecule is O=C1CCC(=O)N1C1CCCCN1. The first-order valence-electron chi connectivity index (χ1n) is 4.87. The highest BCUT2D eigenvalue weighted by molar-refractivity contribution is 6.02. The summed E-state index contributed by atoms with van der Waals surface area (Å²) in [7, 11) is 0. The number of nitrogens with zero attached hydrogens (tertiary/aromatic N) is 1. The van der Waals surface area contributed by atoms with Crippen molar-refractivity contribution in [1.29, 1.82) is 0 Å². The summed E-state index contributed by atoms with van der Waals surface area (Å²) in [5, 5.41) is 3.21. The number of likely N-dealkylation sites (tertiary alicyclic amines) is 1. The minimum absolute atomic E-state index is 0.00981. The predicted molar refractivity (Wildman–Crippen MR) is 46.7 cm³/mol. The lowest BCUT2D eigenvalue weighted by atomic mass is 10.1. The van der Waals surface area contributed by atoms with Crippen LogP contribution in [-0.2, 0) is 9.59 Å². The number of carbonyl (C=O) groups is 2. The van der Waals surface area contributed by atoms with Gasteiger partial charge in [0.2, 0.25) is 11.8 Å². The van der Waals surface area contributed by atoms with Gasteiger partial charge >= 0.3 is 0 Å². The first-order chi connectivity index (χ1) is 6.29. The number of carbonyl (C=O) groups excluding carboxylic acids is 2. The van der Waals surface area contributed by atoms with Crippen LogP contribution in [-0.4, -0.2) is 29.4 Å². The van der Waals surface area contributed by atoms with Crippen molar-refractivity contribution in [1.82, 2.24) is 10.2 Å². The van der Waals surface area contributed by atoms with Gasteiger partial charge in [0.1, 0.15) is 0 Å². The van der Waals surface area contributed by atoms with Crippen LogP contribution in [0.25, 0.3) is 0 Å². The van der Waals surface area contributed by atoms with Gasteiger partial charge in [0, 0.05) is 12.8 Å². The molecule has 0 aromatic heterocycles. The maximum absolute atomic E-state index is 11.3. The molecule has 4 nitrogen and oxygen atoms in total. The number of hydrogen-bond donors (Lipinski definition) is 1. The maximum Gasteiger partial charge on any atom is 0.231 e. The second kappa shape index (κ2) is 3.46. The lowest BCUT2D eigenvalue weighted by Gasteiger charge is -2.30. The Hall–Kier alpha value is -0.900. The van der Waals surface area contributed by atoms with Gasteiger partial charge in [0.25, 0.3) is 0 Å². The molecule has 0 radical (unpaired) electrons. The van der Waals surface area contributed by atoms with Crippen molar-refractivity contribution in [3.8, 4) is 0 Å². The molecule has 2 saturated heterocycles. The van der Waals surface area contributed by atoms with E-state index in [9.17, 15) is 9.59 Å². The molecule has 0 bridgehead atoms. The first-order valence-corrected chi connectivity index (χ1v) is 4.87. The summed E-state index contributed by atoms with van der Waals surface area (Å²) in [5.41, 5.74) is 0. The molecule has 2 fully saturated rings. The Labute approximate surface area is 77.3 Å². The molecule has 2 amide bonds. The summed E-state index contributed by atoms with van der Waals surface area (Å²) in [4.78, 5) is 24.1. The normalized spacial score (nSPS) is 29.8. The van der Waals surface area contributed by atoms with E-state index in [0.29, 0.717) is 12.8 Å². The highest BCUT2D eigenvalue weighted by Crippen LogP contribution is 2.19. The van der Waals surface area contributed by atoms with Crippen LogP contribution in [0.15, 0.2) is 0 Å². The summed E-state index contributed by atoms with van der Waals surface area (Å²) in [6, 6.07) is 0. The van der Waals surface area contributed by atoms with Crippen molar-refractivity contribution in [3.05, 3.63) is 0 Å². The molecule has 13 heavy (non-hydrogen) atoms. The van der Waals surface area contributed by atoms with E-state index in [1.807, 2.05) is 0 Å². The van der Waals surface area contributed by atoms with Gasteiger partial charge in [-0.2, -0.15) is 0 Å². The Morgan fingerprint density at radius 1 is 1.15 bits per heavy atom. The summed E-state index contributed by atoms with van der Waals surface area (Å²) < 4.78 is 0. The molecule has 0 aromatic rings. The Balaban J connectivity index is 2.05. The van der Waals surface area contributed by atoms with Crippen LogP contribution in [0.3, 0.4) is 0 Å². The number of hydrogen-bond acceptors (Lipinski definition) is 3. The van der Waals surface area contributed by atoms with Gasteiger partial charge in [-0.05, 0) is 25.8 Å². The van der Waals surface area contributed by atoms with Crippen LogP contribution in [0, 0.1) is 0 Å². The van der Waals surface area contributed by atoms with Crippen LogP contribution >= 0.6 is 0 Å². The van der Waals surface area contributed by atoms with Crippen molar-refractivity contribution in [3.63, 3.8) is 0 Å². The van der Waals surface area contributed by atoms with E-state index < -0.39 is 0 Å². The standard InChI is InChI=1S/C9H14N2O2/c12-8-4-5-9(13)11(8)7-3-1-2-6-10-7/h7,10H,1-6H2. The minimum Gasteiger partial charge on any atom is -0.297 e. The van der Waals surface area contributed by atoms with Crippen LogP contribution in [0.5, 0.6) is 0 Å².